The van der Waals surface area contributed by atoms with E-state index < -0.39 is 0 Å². The lowest BCUT2D eigenvalue weighted by atomic mass is 10.1. The average Bonchev–Trinajstić information content (AvgIpc) is 3.25. The highest BCUT2D eigenvalue weighted by atomic mass is 35.5. The summed E-state index contributed by atoms with van der Waals surface area (Å²) in [7, 11) is 0. The van der Waals surface area contributed by atoms with Gasteiger partial charge >= 0.3 is 0 Å². The van der Waals surface area contributed by atoms with Crippen LogP contribution in [0.5, 0.6) is 0 Å². The second-order valence-corrected chi connectivity index (χ2v) is 8.71. The van der Waals surface area contributed by atoms with Gasteiger partial charge in [-0.15, -0.1) is 11.3 Å². The van der Waals surface area contributed by atoms with E-state index in [2.05, 4.69) is 15.6 Å². The maximum atomic E-state index is 12.8. The zero-order valence-electron chi connectivity index (χ0n) is 16.1. The van der Waals surface area contributed by atoms with Crippen molar-refractivity contribution in [2.45, 2.75) is 32.6 Å². The number of nitrogens with zero attached hydrogens (tertiary/aromatic N) is 1. The molecule has 7 heteroatoms. The Morgan fingerprint density at radius 2 is 1.86 bits per heavy atom. The fourth-order valence-corrected chi connectivity index (χ4v) is 4.56. The summed E-state index contributed by atoms with van der Waals surface area (Å²) in [5, 5.41) is 6.92. The van der Waals surface area contributed by atoms with Gasteiger partial charge in [-0.05, 0) is 56.5 Å². The third-order valence-corrected chi connectivity index (χ3v) is 6.31. The van der Waals surface area contributed by atoms with Crippen molar-refractivity contribution in [2.75, 3.05) is 10.6 Å². The molecular weight excluding hydrogens is 406 g/mol. The van der Waals surface area contributed by atoms with Gasteiger partial charge in [-0.1, -0.05) is 35.4 Å². The third-order valence-electron chi connectivity index (χ3n) is 5.03. The molecule has 1 aromatic heterocycles. The van der Waals surface area contributed by atoms with Crippen molar-refractivity contribution in [1.82, 2.24) is 4.98 Å². The van der Waals surface area contributed by atoms with Crippen LogP contribution in [0.2, 0.25) is 5.02 Å². The van der Waals surface area contributed by atoms with Gasteiger partial charge in [-0.3, -0.25) is 14.9 Å². The number of benzene rings is 2. The SMILES string of the molecule is Cc1ccc(C(=O)Nc2nc3c(s2)CCC3C(=O)Nc2cc(Cl)ccc2C)cc1. The molecule has 4 rings (SSSR count). The monoisotopic (exact) mass is 425 g/mol. The van der Waals surface area contributed by atoms with Crippen molar-refractivity contribution in [3.63, 3.8) is 0 Å². The van der Waals surface area contributed by atoms with E-state index in [-0.39, 0.29) is 17.7 Å². The Hall–Kier alpha value is -2.70. The number of halogens is 1. The van der Waals surface area contributed by atoms with Crippen LogP contribution in [0.1, 0.15) is 44.4 Å². The molecule has 2 N–H and O–H groups in total. The molecule has 0 aliphatic heterocycles. The van der Waals surface area contributed by atoms with Crippen LogP contribution < -0.4 is 10.6 Å². The van der Waals surface area contributed by atoms with Crippen LogP contribution in [0.4, 0.5) is 10.8 Å². The Kier molecular flexibility index (Phi) is 5.39. The maximum absolute atomic E-state index is 12.8. The first-order valence-electron chi connectivity index (χ1n) is 9.35. The number of aromatic nitrogens is 1. The van der Waals surface area contributed by atoms with E-state index in [4.69, 9.17) is 11.6 Å². The van der Waals surface area contributed by atoms with Crippen molar-refractivity contribution >= 4 is 45.6 Å². The van der Waals surface area contributed by atoms with Gasteiger partial charge in [0, 0.05) is 21.2 Å². The predicted octanol–water partition coefficient (Wildman–Crippen LogP) is 5.33. The van der Waals surface area contributed by atoms with Gasteiger partial charge < -0.3 is 5.32 Å². The number of fused-ring (bicyclic) bond motifs is 1. The number of carbonyl (C=O) groups excluding carboxylic acids is 2. The Bertz CT molecular complexity index is 1090. The second kappa shape index (κ2) is 7.97. The summed E-state index contributed by atoms with van der Waals surface area (Å²) < 4.78 is 0. The number of thiazole rings is 1. The molecule has 0 radical (unpaired) electrons. The standard InChI is InChI=1S/C22H20ClN3O2S/c1-12-3-6-14(7-4-12)20(27)26-22-25-19-16(9-10-18(19)29-22)21(28)24-17-11-15(23)8-5-13(17)2/h3-8,11,16H,9-10H2,1-2H3,(H,24,28)(H,25,26,27). The van der Waals surface area contributed by atoms with Crippen LogP contribution in [-0.2, 0) is 11.2 Å². The molecule has 0 saturated heterocycles. The third kappa shape index (κ3) is 4.18. The second-order valence-electron chi connectivity index (χ2n) is 7.19. The summed E-state index contributed by atoms with van der Waals surface area (Å²) in [4.78, 5) is 30.9. The number of anilines is 2. The minimum absolute atomic E-state index is 0.101. The van der Waals surface area contributed by atoms with Crippen LogP contribution in [-0.4, -0.2) is 16.8 Å². The highest BCUT2D eigenvalue weighted by molar-refractivity contribution is 7.16. The van der Waals surface area contributed by atoms with E-state index in [1.54, 1.807) is 24.3 Å². The highest BCUT2D eigenvalue weighted by Gasteiger charge is 2.33. The zero-order valence-corrected chi connectivity index (χ0v) is 17.7. The number of nitrogens with one attached hydrogen (secondary N) is 2. The van der Waals surface area contributed by atoms with Crippen LogP contribution in [0.3, 0.4) is 0 Å². The Balaban J connectivity index is 1.48. The molecule has 1 heterocycles. The van der Waals surface area contributed by atoms with Crippen LogP contribution >= 0.6 is 22.9 Å². The van der Waals surface area contributed by atoms with Gasteiger partial charge in [0.1, 0.15) is 0 Å². The number of hydrogen-bond acceptors (Lipinski definition) is 4. The summed E-state index contributed by atoms with van der Waals surface area (Å²) in [6, 6.07) is 12.8. The molecule has 0 saturated carbocycles. The molecule has 1 aliphatic rings. The van der Waals surface area contributed by atoms with E-state index in [0.29, 0.717) is 27.8 Å². The first-order valence-corrected chi connectivity index (χ1v) is 10.5. The van der Waals surface area contributed by atoms with Gasteiger partial charge in [0.05, 0.1) is 11.6 Å². The fourth-order valence-electron chi connectivity index (χ4n) is 3.36. The number of aryl methyl sites for hydroxylation is 3. The molecule has 1 aliphatic carbocycles. The molecule has 2 amide bonds. The summed E-state index contributed by atoms with van der Waals surface area (Å²) in [6.07, 6.45) is 1.49. The van der Waals surface area contributed by atoms with Gasteiger partial charge in [-0.25, -0.2) is 4.98 Å². The Labute approximate surface area is 178 Å². The Morgan fingerprint density at radius 1 is 1.10 bits per heavy atom. The summed E-state index contributed by atoms with van der Waals surface area (Å²) in [5.74, 6) is -0.631. The lowest BCUT2D eigenvalue weighted by Crippen LogP contribution is -2.20. The molecule has 0 spiro atoms. The first-order chi connectivity index (χ1) is 13.9. The van der Waals surface area contributed by atoms with E-state index in [1.807, 2.05) is 32.0 Å². The molecule has 5 nitrogen and oxygen atoms in total. The predicted molar refractivity (Wildman–Crippen MR) is 117 cm³/mol. The topological polar surface area (TPSA) is 71.1 Å². The zero-order chi connectivity index (χ0) is 20.5. The highest BCUT2D eigenvalue weighted by Crippen LogP contribution is 2.39. The molecule has 0 bridgehead atoms. The molecule has 3 aromatic rings. The molecule has 0 fully saturated rings. The summed E-state index contributed by atoms with van der Waals surface area (Å²) in [6.45, 7) is 3.90. The maximum Gasteiger partial charge on any atom is 0.257 e. The molecule has 148 valence electrons. The van der Waals surface area contributed by atoms with Crippen molar-refractivity contribution in [1.29, 1.82) is 0 Å². The van der Waals surface area contributed by atoms with Crippen molar-refractivity contribution in [3.05, 3.63) is 74.7 Å². The lowest BCUT2D eigenvalue weighted by molar-refractivity contribution is -0.117. The van der Waals surface area contributed by atoms with Gasteiger partial charge in [0.2, 0.25) is 5.91 Å². The van der Waals surface area contributed by atoms with Gasteiger partial charge in [-0.2, -0.15) is 0 Å². The fraction of sp³-hybridized carbons (Fsp3) is 0.227. The molecule has 2 aromatic carbocycles. The number of carbonyl (C=O) groups is 2. The van der Waals surface area contributed by atoms with Crippen LogP contribution in [0, 0.1) is 13.8 Å². The van der Waals surface area contributed by atoms with Gasteiger partial charge in [0.15, 0.2) is 5.13 Å². The van der Waals surface area contributed by atoms with Crippen molar-refractivity contribution < 1.29 is 9.59 Å². The van der Waals surface area contributed by atoms with Crippen molar-refractivity contribution in [3.8, 4) is 0 Å². The van der Waals surface area contributed by atoms with Crippen LogP contribution in [0.25, 0.3) is 0 Å². The van der Waals surface area contributed by atoms with E-state index >= 15 is 0 Å². The smallest absolute Gasteiger partial charge is 0.257 e. The number of amides is 2. The molecule has 1 atom stereocenters. The summed E-state index contributed by atoms with van der Waals surface area (Å²) >= 11 is 7.49. The minimum Gasteiger partial charge on any atom is -0.325 e. The molecule has 29 heavy (non-hydrogen) atoms. The number of rotatable bonds is 4. The lowest BCUT2D eigenvalue weighted by Gasteiger charge is -2.13. The minimum atomic E-state index is -0.329. The molecule has 1 unspecified atom stereocenters. The van der Waals surface area contributed by atoms with Crippen molar-refractivity contribution in [2.24, 2.45) is 0 Å². The van der Waals surface area contributed by atoms with E-state index in [9.17, 15) is 9.59 Å². The van der Waals surface area contributed by atoms with E-state index in [1.165, 1.54) is 11.3 Å². The van der Waals surface area contributed by atoms with Gasteiger partial charge in [0.25, 0.3) is 5.91 Å². The molecular formula is C22H20ClN3O2S. The Morgan fingerprint density at radius 3 is 2.62 bits per heavy atom. The average molecular weight is 426 g/mol. The largest absolute Gasteiger partial charge is 0.325 e. The first kappa shape index (κ1) is 19.6. The summed E-state index contributed by atoms with van der Waals surface area (Å²) in [5.41, 5.74) is 4.09. The van der Waals surface area contributed by atoms with Crippen LogP contribution in [0.15, 0.2) is 42.5 Å². The quantitative estimate of drug-likeness (QED) is 0.593. The number of hydrogen-bond donors (Lipinski definition) is 2. The normalized spacial score (nSPS) is 15.1. The van der Waals surface area contributed by atoms with E-state index in [0.717, 1.165) is 28.1 Å².